The first kappa shape index (κ1) is 15.9. The Kier molecular flexibility index (Phi) is 8.54. The van der Waals surface area contributed by atoms with E-state index in [0.29, 0.717) is 19.0 Å². The summed E-state index contributed by atoms with van der Waals surface area (Å²) in [6.45, 7) is 3.42. The number of thiazole rings is 1. The van der Waals surface area contributed by atoms with Crippen molar-refractivity contribution in [1.29, 1.82) is 0 Å². The van der Waals surface area contributed by atoms with Crippen molar-refractivity contribution in [3.8, 4) is 0 Å². The summed E-state index contributed by atoms with van der Waals surface area (Å²) in [7, 11) is 1.69. The summed E-state index contributed by atoms with van der Waals surface area (Å²) in [5.41, 5.74) is 0.961. The minimum atomic E-state index is 0.192. The lowest BCUT2D eigenvalue weighted by atomic mass is 10.3. The van der Waals surface area contributed by atoms with E-state index in [1.807, 2.05) is 5.38 Å². The van der Waals surface area contributed by atoms with Crippen LogP contribution in [0.4, 0.5) is 0 Å². The number of nitrogens with zero attached hydrogens (tertiary/aromatic N) is 2. The number of aliphatic hydroxyl groups is 1. The van der Waals surface area contributed by atoms with Gasteiger partial charge in [-0.25, -0.2) is 4.98 Å². The Bertz CT molecular complexity index is 323. The van der Waals surface area contributed by atoms with Gasteiger partial charge in [-0.3, -0.25) is 4.90 Å². The molecule has 0 amide bonds. The van der Waals surface area contributed by atoms with Crippen molar-refractivity contribution < 1.29 is 9.84 Å². The van der Waals surface area contributed by atoms with E-state index in [-0.39, 0.29) is 6.61 Å². The highest BCUT2D eigenvalue weighted by Gasteiger charge is 2.05. The predicted octanol–water partition coefficient (Wildman–Crippen LogP) is 1.76. The maximum atomic E-state index is 8.98. The van der Waals surface area contributed by atoms with Crippen LogP contribution in [0.1, 0.15) is 17.1 Å². The number of aromatic nitrogens is 1. The Hall–Kier alpha value is -0.200. The highest BCUT2D eigenvalue weighted by molar-refractivity contribution is 7.09. The molecule has 0 aliphatic heterocycles. The molecule has 18 heavy (non-hydrogen) atoms. The molecule has 0 aliphatic carbocycles. The second-order valence-electron chi connectivity index (χ2n) is 4.03. The fourth-order valence-corrected chi connectivity index (χ4v) is 2.74. The Morgan fingerprint density at radius 3 is 2.89 bits per heavy atom. The second kappa shape index (κ2) is 9.69. The molecule has 1 N–H and O–H groups in total. The number of halogens is 1. The molecule has 1 rings (SSSR count). The first-order valence-corrected chi connectivity index (χ1v) is 7.53. The van der Waals surface area contributed by atoms with Crippen molar-refractivity contribution in [2.45, 2.75) is 18.7 Å². The molecule has 6 heteroatoms. The van der Waals surface area contributed by atoms with Gasteiger partial charge in [0, 0.05) is 32.0 Å². The summed E-state index contributed by atoms with van der Waals surface area (Å²) in [6, 6.07) is 0. The zero-order valence-corrected chi connectivity index (χ0v) is 12.3. The van der Waals surface area contributed by atoms with Gasteiger partial charge in [0.05, 0.1) is 29.8 Å². The van der Waals surface area contributed by atoms with E-state index in [4.69, 9.17) is 21.4 Å². The molecule has 1 aromatic heterocycles. The molecule has 0 aromatic carbocycles. The van der Waals surface area contributed by atoms with Gasteiger partial charge in [0.15, 0.2) is 0 Å². The highest BCUT2D eigenvalue weighted by atomic mass is 35.5. The third-order valence-electron chi connectivity index (χ3n) is 2.63. The Balaban J connectivity index is 2.24. The number of aryl methyl sites for hydroxylation is 1. The predicted molar refractivity (Wildman–Crippen MR) is 75.4 cm³/mol. The fraction of sp³-hybridized carbons (Fsp3) is 0.750. The average molecular weight is 293 g/mol. The van der Waals surface area contributed by atoms with E-state index < -0.39 is 0 Å². The molecule has 0 atom stereocenters. The molecule has 0 saturated carbocycles. The van der Waals surface area contributed by atoms with Gasteiger partial charge < -0.3 is 9.84 Å². The number of hydrogen-bond acceptors (Lipinski definition) is 5. The minimum Gasteiger partial charge on any atom is -0.395 e. The van der Waals surface area contributed by atoms with Crippen molar-refractivity contribution in [1.82, 2.24) is 9.88 Å². The van der Waals surface area contributed by atoms with Crippen LogP contribution in [-0.4, -0.2) is 54.9 Å². The Labute approximate surface area is 118 Å². The first-order valence-electron chi connectivity index (χ1n) is 6.11. The van der Waals surface area contributed by atoms with E-state index in [1.165, 1.54) is 0 Å². The maximum Gasteiger partial charge on any atom is 0.0929 e. The van der Waals surface area contributed by atoms with E-state index in [9.17, 15) is 0 Å². The van der Waals surface area contributed by atoms with Crippen LogP contribution in [0.2, 0.25) is 0 Å². The zero-order chi connectivity index (χ0) is 13.2. The molecular weight excluding hydrogens is 272 g/mol. The van der Waals surface area contributed by atoms with Gasteiger partial charge in [-0.2, -0.15) is 0 Å². The van der Waals surface area contributed by atoms with Gasteiger partial charge in [-0.1, -0.05) is 0 Å². The molecule has 1 heterocycles. The van der Waals surface area contributed by atoms with E-state index >= 15 is 0 Å². The van der Waals surface area contributed by atoms with Crippen molar-refractivity contribution in [2.24, 2.45) is 0 Å². The molecule has 0 unspecified atom stereocenters. The third-order valence-corrected chi connectivity index (χ3v) is 3.86. The van der Waals surface area contributed by atoms with Gasteiger partial charge >= 0.3 is 0 Å². The number of methoxy groups -OCH3 is 1. The second-order valence-corrected chi connectivity index (χ2v) is 5.24. The largest absolute Gasteiger partial charge is 0.395 e. The van der Waals surface area contributed by atoms with E-state index in [0.717, 1.165) is 36.6 Å². The first-order chi connectivity index (χ1) is 8.80. The standard InChI is InChI=1S/C12H21ClN2O2S/c1-17-8-6-15(5-7-16)4-2-3-12-14-11(9-13)10-18-12/h10,16H,2-9H2,1H3. The summed E-state index contributed by atoms with van der Waals surface area (Å²) >= 11 is 7.39. The summed E-state index contributed by atoms with van der Waals surface area (Å²) in [5, 5.41) is 12.1. The van der Waals surface area contributed by atoms with Crippen molar-refractivity contribution in [3.63, 3.8) is 0 Å². The molecule has 1 aromatic rings. The molecular formula is C12H21ClN2O2S. The lowest BCUT2D eigenvalue weighted by Crippen LogP contribution is -2.31. The van der Waals surface area contributed by atoms with E-state index in [1.54, 1.807) is 18.4 Å². The number of ether oxygens (including phenoxy) is 1. The molecule has 0 radical (unpaired) electrons. The topological polar surface area (TPSA) is 45.6 Å². The SMILES string of the molecule is COCCN(CCO)CCCc1nc(CCl)cs1. The Morgan fingerprint density at radius 1 is 1.44 bits per heavy atom. The number of aliphatic hydroxyl groups excluding tert-OH is 1. The summed E-state index contributed by atoms with van der Waals surface area (Å²) in [4.78, 5) is 6.64. The van der Waals surface area contributed by atoms with Gasteiger partial charge in [-0.15, -0.1) is 22.9 Å². The van der Waals surface area contributed by atoms with Crippen LogP contribution in [0.3, 0.4) is 0 Å². The number of hydrogen-bond donors (Lipinski definition) is 1. The normalized spacial score (nSPS) is 11.3. The smallest absolute Gasteiger partial charge is 0.0929 e. The summed E-state index contributed by atoms with van der Waals surface area (Å²) < 4.78 is 5.05. The zero-order valence-electron chi connectivity index (χ0n) is 10.8. The van der Waals surface area contributed by atoms with Crippen LogP contribution in [-0.2, 0) is 17.0 Å². The van der Waals surface area contributed by atoms with Crippen LogP contribution >= 0.6 is 22.9 Å². The minimum absolute atomic E-state index is 0.192. The quantitative estimate of drug-likeness (QED) is 0.668. The monoisotopic (exact) mass is 292 g/mol. The van der Waals surface area contributed by atoms with Crippen molar-refractivity contribution in [2.75, 3.05) is 40.0 Å². The average Bonchev–Trinajstić information content (AvgIpc) is 2.84. The highest BCUT2D eigenvalue weighted by Crippen LogP contribution is 2.13. The van der Waals surface area contributed by atoms with Crippen LogP contribution in [0.25, 0.3) is 0 Å². The maximum absolute atomic E-state index is 8.98. The van der Waals surface area contributed by atoms with Crippen LogP contribution in [0, 0.1) is 0 Å². The fourth-order valence-electron chi connectivity index (χ4n) is 1.68. The lowest BCUT2D eigenvalue weighted by molar-refractivity contribution is 0.130. The lowest BCUT2D eigenvalue weighted by Gasteiger charge is -2.20. The molecule has 104 valence electrons. The van der Waals surface area contributed by atoms with Crippen LogP contribution in [0.5, 0.6) is 0 Å². The number of alkyl halides is 1. The van der Waals surface area contributed by atoms with Gasteiger partial charge in [0.25, 0.3) is 0 Å². The van der Waals surface area contributed by atoms with E-state index in [2.05, 4.69) is 9.88 Å². The van der Waals surface area contributed by atoms with Crippen molar-refractivity contribution >= 4 is 22.9 Å². The van der Waals surface area contributed by atoms with Gasteiger partial charge in [0.1, 0.15) is 0 Å². The third kappa shape index (κ3) is 6.11. The molecule has 0 bridgehead atoms. The molecule has 0 spiro atoms. The van der Waals surface area contributed by atoms with Crippen molar-refractivity contribution in [3.05, 3.63) is 16.1 Å². The molecule has 0 saturated heterocycles. The summed E-state index contributed by atoms with van der Waals surface area (Å²) in [6.07, 6.45) is 2.01. The van der Waals surface area contributed by atoms with Crippen LogP contribution in [0.15, 0.2) is 5.38 Å². The van der Waals surface area contributed by atoms with Crippen LogP contribution < -0.4 is 0 Å². The molecule has 0 aliphatic rings. The molecule has 0 fully saturated rings. The number of rotatable bonds is 10. The van der Waals surface area contributed by atoms with Gasteiger partial charge in [0.2, 0.25) is 0 Å². The van der Waals surface area contributed by atoms with Gasteiger partial charge in [-0.05, 0) is 13.0 Å². The Morgan fingerprint density at radius 2 is 2.28 bits per heavy atom. The molecule has 4 nitrogen and oxygen atoms in total. The summed E-state index contributed by atoms with van der Waals surface area (Å²) in [5.74, 6) is 0.487.